The molecule has 2 aromatic heterocycles. The summed E-state index contributed by atoms with van der Waals surface area (Å²) in [6.45, 7) is 2.71. The Labute approximate surface area is 107 Å². The molecule has 96 valence electrons. The van der Waals surface area contributed by atoms with E-state index >= 15 is 0 Å². The summed E-state index contributed by atoms with van der Waals surface area (Å²) in [7, 11) is 5.76. The van der Waals surface area contributed by atoms with Crippen LogP contribution in [0.25, 0.3) is 0 Å². The van der Waals surface area contributed by atoms with Crippen LogP contribution < -0.4 is 10.2 Å². The van der Waals surface area contributed by atoms with Crippen LogP contribution in [0.3, 0.4) is 0 Å². The molecule has 2 rings (SSSR count). The summed E-state index contributed by atoms with van der Waals surface area (Å²) in [5.41, 5.74) is 2.20. The smallest absolute Gasteiger partial charge is 0.226 e. The Bertz CT molecular complexity index is 531. The lowest BCUT2D eigenvalue weighted by molar-refractivity contribution is 0.756. The highest BCUT2D eigenvalue weighted by Gasteiger charge is 2.04. The van der Waals surface area contributed by atoms with Crippen molar-refractivity contribution in [3.05, 3.63) is 29.7 Å². The molecule has 0 radical (unpaired) electrons. The van der Waals surface area contributed by atoms with E-state index in [2.05, 4.69) is 20.4 Å². The van der Waals surface area contributed by atoms with Crippen LogP contribution in [0.15, 0.2) is 18.5 Å². The number of nitrogens with one attached hydrogen (secondary N) is 1. The Hall–Kier alpha value is -2.11. The number of hydrogen-bond acceptors (Lipinski definition) is 5. The normalized spacial score (nSPS) is 10.4. The van der Waals surface area contributed by atoms with Gasteiger partial charge in [0.15, 0.2) is 0 Å². The predicted molar refractivity (Wildman–Crippen MR) is 71.6 cm³/mol. The van der Waals surface area contributed by atoms with Crippen molar-refractivity contribution in [2.24, 2.45) is 7.05 Å². The van der Waals surface area contributed by atoms with Gasteiger partial charge in [-0.15, -0.1) is 0 Å². The average Bonchev–Trinajstić information content (AvgIpc) is 2.65. The Balaban J connectivity index is 2.06. The summed E-state index contributed by atoms with van der Waals surface area (Å²) in [6, 6.07) is 1.86. The largest absolute Gasteiger partial charge is 0.366 e. The molecule has 18 heavy (non-hydrogen) atoms. The van der Waals surface area contributed by atoms with Gasteiger partial charge in [0.25, 0.3) is 0 Å². The number of aromatic nitrogens is 4. The molecule has 0 aromatic carbocycles. The minimum Gasteiger partial charge on any atom is -0.366 e. The van der Waals surface area contributed by atoms with Crippen LogP contribution >= 0.6 is 0 Å². The van der Waals surface area contributed by atoms with Crippen LogP contribution in [0.2, 0.25) is 0 Å². The summed E-state index contributed by atoms with van der Waals surface area (Å²) in [4.78, 5) is 10.4. The first kappa shape index (κ1) is 12.3. The van der Waals surface area contributed by atoms with Gasteiger partial charge >= 0.3 is 0 Å². The fraction of sp³-hybridized carbons (Fsp3) is 0.417. The van der Waals surface area contributed by atoms with Crippen LogP contribution in [0.4, 0.5) is 11.8 Å². The van der Waals surface area contributed by atoms with E-state index in [9.17, 15) is 0 Å². The highest BCUT2D eigenvalue weighted by atomic mass is 15.3. The van der Waals surface area contributed by atoms with Crippen molar-refractivity contribution in [1.29, 1.82) is 0 Å². The van der Waals surface area contributed by atoms with Crippen molar-refractivity contribution < 1.29 is 0 Å². The molecule has 6 nitrogen and oxygen atoms in total. The average molecular weight is 246 g/mol. The van der Waals surface area contributed by atoms with Gasteiger partial charge in [0.1, 0.15) is 5.82 Å². The molecule has 0 amide bonds. The molecule has 0 aliphatic heterocycles. The molecule has 0 unspecified atom stereocenters. The second-order valence-corrected chi connectivity index (χ2v) is 4.40. The van der Waals surface area contributed by atoms with Crippen molar-refractivity contribution in [2.75, 3.05) is 24.3 Å². The lowest BCUT2D eigenvalue weighted by atomic mass is 10.2. The molecule has 0 aliphatic rings. The molecule has 0 spiro atoms. The van der Waals surface area contributed by atoms with Gasteiger partial charge in [0, 0.05) is 45.6 Å². The highest BCUT2D eigenvalue weighted by Crippen LogP contribution is 2.11. The van der Waals surface area contributed by atoms with Gasteiger partial charge < -0.3 is 10.2 Å². The topological polar surface area (TPSA) is 58.9 Å². The maximum Gasteiger partial charge on any atom is 0.226 e. The summed E-state index contributed by atoms with van der Waals surface area (Å²) >= 11 is 0. The molecular formula is C12H18N6. The molecule has 0 saturated heterocycles. The molecule has 2 heterocycles. The van der Waals surface area contributed by atoms with Gasteiger partial charge in [-0.3, -0.25) is 4.68 Å². The van der Waals surface area contributed by atoms with Crippen molar-refractivity contribution >= 4 is 11.8 Å². The summed E-state index contributed by atoms with van der Waals surface area (Å²) in [5.74, 6) is 1.51. The van der Waals surface area contributed by atoms with Crippen LogP contribution in [0, 0.1) is 6.92 Å². The lowest BCUT2D eigenvalue weighted by Crippen LogP contribution is -2.13. The molecule has 2 aromatic rings. The van der Waals surface area contributed by atoms with Crippen molar-refractivity contribution in [3.63, 3.8) is 0 Å². The Morgan fingerprint density at radius 1 is 1.39 bits per heavy atom. The molecule has 1 N–H and O–H groups in total. The first-order valence-corrected chi connectivity index (χ1v) is 5.79. The monoisotopic (exact) mass is 246 g/mol. The van der Waals surface area contributed by atoms with E-state index < -0.39 is 0 Å². The van der Waals surface area contributed by atoms with Crippen LogP contribution in [0.5, 0.6) is 0 Å². The predicted octanol–water partition coefficient (Wildman–Crippen LogP) is 1.20. The number of rotatable bonds is 4. The van der Waals surface area contributed by atoms with Crippen LogP contribution in [-0.4, -0.2) is 33.8 Å². The third kappa shape index (κ3) is 2.77. The third-order valence-electron chi connectivity index (χ3n) is 2.62. The zero-order valence-electron chi connectivity index (χ0n) is 11.2. The van der Waals surface area contributed by atoms with Gasteiger partial charge in [0.2, 0.25) is 5.95 Å². The lowest BCUT2D eigenvalue weighted by Gasteiger charge is -2.11. The first-order chi connectivity index (χ1) is 8.56. The molecule has 0 bridgehead atoms. The maximum atomic E-state index is 4.40. The first-order valence-electron chi connectivity index (χ1n) is 5.79. The van der Waals surface area contributed by atoms with E-state index in [1.165, 1.54) is 5.56 Å². The number of hydrogen-bond donors (Lipinski definition) is 1. The molecule has 0 saturated carbocycles. The van der Waals surface area contributed by atoms with Gasteiger partial charge in [-0.2, -0.15) is 10.1 Å². The number of aryl methyl sites for hydroxylation is 2. The molecule has 6 heteroatoms. The van der Waals surface area contributed by atoms with Gasteiger partial charge in [0.05, 0.1) is 5.69 Å². The maximum absolute atomic E-state index is 4.40. The van der Waals surface area contributed by atoms with E-state index in [1.54, 1.807) is 6.20 Å². The SMILES string of the molecule is Cc1nn(C)cc1CNc1ccnc(N(C)C)n1. The number of nitrogens with zero attached hydrogens (tertiary/aromatic N) is 5. The fourth-order valence-electron chi connectivity index (χ4n) is 1.67. The van der Waals surface area contributed by atoms with Crippen molar-refractivity contribution in [1.82, 2.24) is 19.7 Å². The standard InChI is InChI=1S/C12H18N6/c1-9-10(8-18(4)16-9)7-14-11-5-6-13-12(15-11)17(2)3/h5-6,8H,7H2,1-4H3,(H,13,14,15). The Kier molecular flexibility index (Phi) is 3.45. The summed E-state index contributed by atoms with van der Waals surface area (Å²) < 4.78 is 1.82. The van der Waals surface area contributed by atoms with E-state index in [0.717, 1.165) is 11.5 Å². The van der Waals surface area contributed by atoms with Crippen molar-refractivity contribution in [2.45, 2.75) is 13.5 Å². The second-order valence-electron chi connectivity index (χ2n) is 4.40. The van der Waals surface area contributed by atoms with Gasteiger partial charge in [-0.1, -0.05) is 0 Å². The molecule has 0 atom stereocenters. The minimum absolute atomic E-state index is 0.697. The van der Waals surface area contributed by atoms with E-state index in [-0.39, 0.29) is 0 Å². The van der Waals surface area contributed by atoms with E-state index in [0.29, 0.717) is 12.5 Å². The van der Waals surface area contributed by atoms with Crippen LogP contribution in [-0.2, 0) is 13.6 Å². The fourth-order valence-corrected chi connectivity index (χ4v) is 1.67. The van der Waals surface area contributed by atoms with Crippen molar-refractivity contribution in [3.8, 4) is 0 Å². The molecule has 0 fully saturated rings. The molecular weight excluding hydrogens is 228 g/mol. The summed E-state index contributed by atoms with van der Waals surface area (Å²) in [6.07, 6.45) is 3.76. The highest BCUT2D eigenvalue weighted by molar-refractivity contribution is 5.41. The number of anilines is 2. The Morgan fingerprint density at radius 3 is 2.78 bits per heavy atom. The third-order valence-corrected chi connectivity index (χ3v) is 2.62. The van der Waals surface area contributed by atoms with E-state index in [1.807, 2.05) is 49.9 Å². The van der Waals surface area contributed by atoms with Gasteiger partial charge in [-0.25, -0.2) is 4.98 Å². The van der Waals surface area contributed by atoms with Crippen LogP contribution in [0.1, 0.15) is 11.3 Å². The molecule has 0 aliphatic carbocycles. The summed E-state index contributed by atoms with van der Waals surface area (Å²) in [5, 5.41) is 7.58. The van der Waals surface area contributed by atoms with Gasteiger partial charge in [-0.05, 0) is 13.0 Å². The zero-order valence-corrected chi connectivity index (χ0v) is 11.2. The van der Waals surface area contributed by atoms with E-state index in [4.69, 9.17) is 0 Å². The minimum atomic E-state index is 0.697. The Morgan fingerprint density at radius 2 is 2.17 bits per heavy atom. The zero-order chi connectivity index (χ0) is 13.1. The quantitative estimate of drug-likeness (QED) is 0.878. The second kappa shape index (κ2) is 5.03.